The van der Waals surface area contributed by atoms with Gasteiger partial charge in [0.1, 0.15) is 0 Å². The van der Waals surface area contributed by atoms with E-state index in [1.54, 1.807) is 0 Å². The van der Waals surface area contributed by atoms with Crippen LogP contribution in [-0.4, -0.2) is 42.7 Å². The average Bonchev–Trinajstić information content (AvgIpc) is 2.62. The second kappa shape index (κ2) is 7.43. The van der Waals surface area contributed by atoms with E-state index in [1.165, 1.54) is 50.1 Å². The highest BCUT2D eigenvalue weighted by atomic mass is 28.2. The predicted octanol–water partition coefficient (Wildman–Crippen LogP) is 2.48. The van der Waals surface area contributed by atoms with Crippen LogP contribution in [0.4, 0.5) is 0 Å². The molecule has 3 rings (SSSR count). The van der Waals surface area contributed by atoms with E-state index < -0.39 is 0 Å². The van der Waals surface area contributed by atoms with Crippen LogP contribution in [0.25, 0.3) is 0 Å². The van der Waals surface area contributed by atoms with Crippen LogP contribution < -0.4 is 0 Å². The van der Waals surface area contributed by atoms with Gasteiger partial charge in [0.15, 0.2) is 0 Å². The summed E-state index contributed by atoms with van der Waals surface area (Å²) in [6.07, 6.45) is 7.67. The van der Waals surface area contributed by atoms with Gasteiger partial charge in [0.25, 0.3) is 0 Å². The van der Waals surface area contributed by atoms with E-state index in [1.807, 2.05) is 0 Å². The van der Waals surface area contributed by atoms with Crippen molar-refractivity contribution in [2.45, 2.75) is 61.6 Å². The van der Waals surface area contributed by atoms with Gasteiger partial charge in [0.2, 0.25) is 0 Å². The third-order valence-corrected chi connectivity index (χ3v) is 11.4. The highest BCUT2D eigenvalue weighted by Gasteiger charge is 2.52. The lowest BCUT2D eigenvalue weighted by Gasteiger charge is -2.53. The van der Waals surface area contributed by atoms with Crippen molar-refractivity contribution in [2.75, 3.05) is 13.2 Å². The minimum absolute atomic E-state index is 0. The quantitative estimate of drug-likeness (QED) is 0.770. The Morgan fingerprint density at radius 1 is 0.955 bits per heavy atom. The molecule has 2 nitrogen and oxygen atoms in total. The molecule has 0 aromatic heterocycles. The highest BCUT2D eigenvalue weighted by molar-refractivity contribution is 6.47. The van der Waals surface area contributed by atoms with Gasteiger partial charge in [-0.05, 0) is 44.6 Å². The molecular formula is C18H31O2Si2+. The van der Waals surface area contributed by atoms with Crippen molar-refractivity contribution >= 4 is 19.0 Å². The van der Waals surface area contributed by atoms with E-state index in [-0.39, 0.29) is 30.9 Å². The summed E-state index contributed by atoms with van der Waals surface area (Å²) in [6, 6.07) is 12.3. The number of rotatable bonds is 5. The molecule has 2 aliphatic heterocycles. The van der Waals surface area contributed by atoms with E-state index in [9.17, 15) is 0 Å². The Morgan fingerprint density at radius 3 is 2.14 bits per heavy atom. The highest BCUT2D eigenvalue weighted by Crippen LogP contribution is 2.42. The first-order chi connectivity index (χ1) is 10.8. The van der Waals surface area contributed by atoms with Crippen molar-refractivity contribution in [1.82, 2.24) is 0 Å². The van der Waals surface area contributed by atoms with Crippen LogP contribution in [0.3, 0.4) is 0 Å². The van der Waals surface area contributed by atoms with Crippen LogP contribution in [0.5, 0.6) is 0 Å². The Labute approximate surface area is 141 Å². The molecule has 2 atom stereocenters. The van der Waals surface area contributed by atoms with Crippen LogP contribution in [-0.2, 0) is 15.5 Å². The molecule has 0 saturated carbocycles. The van der Waals surface area contributed by atoms with E-state index in [0.29, 0.717) is 0 Å². The van der Waals surface area contributed by atoms with Crippen LogP contribution in [0.1, 0.15) is 45.5 Å². The summed E-state index contributed by atoms with van der Waals surface area (Å²) in [6.45, 7) is 4.37. The third kappa shape index (κ3) is 3.25. The Hall–Kier alpha value is -0.426. The molecular weight excluding hydrogens is 304 g/mol. The van der Waals surface area contributed by atoms with Crippen molar-refractivity contribution in [1.29, 1.82) is 0 Å². The standard InChI is InChI=1S/C18H30O2Si2/c1-21-17(11-5-7-13-19-17)18(12-6-8-14-20-18)22-15-16-9-3-2-4-10-16/h2-4,9-10H,5-8,11-15,21-22H2,1H3/p+1. The zero-order chi connectivity index (χ0) is 15.3. The molecule has 2 saturated heterocycles. The van der Waals surface area contributed by atoms with E-state index in [2.05, 4.69) is 36.9 Å². The number of benzene rings is 1. The fourth-order valence-corrected chi connectivity index (χ4v) is 10.1. The van der Waals surface area contributed by atoms with Crippen LogP contribution in [0, 0.1) is 0 Å². The normalized spacial score (nSPS) is 33.9. The second-order valence-electron chi connectivity index (χ2n) is 6.94. The van der Waals surface area contributed by atoms with E-state index >= 15 is 0 Å². The summed E-state index contributed by atoms with van der Waals surface area (Å²) in [7, 11) is -0.617. The lowest BCUT2D eigenvalue weighted by molar-refractivity contribution is -0.161. The summed E-state index contributed by atoms with van der Waals surface area (Å²) >= 11 is 0. The fraction of sp³-hybridized carbons (Fsp3) is 0.667. The largest absolute Gasteiger partial charge is 1.00 e. The molecule has 0 amide bonds. The predicted molar refractivity (Wildman–Crippen MR) is 99.3 cm³/mol. The van der Waals surface area contributed by atoms with Gasteiger partial charge in [-0.25, -0.2) is 0 Å². The number of hydrogen-bond acceptors (Lipinski definition) is 2. The zero-order valence-corrected chi connectivity index (χ0v) is 16.8. The smallest absolute Gasteiger partial charge is 0.377 e. The first kappa shape index (κ1) is 16.4. The van der Waals surface area contributed by atoms with Gasteiger partial charge < -0.3 is 9.47 Å². The van der Waals surface area contributed by atoms with Gasteiger partial charge in [-0.3, -0.25) is 0 Å². The molecule has 0 radical (unpaired) electrons. The molecule has 1 aromatic rings. The minimum atomic E-state index is -0.365. The number of hydrogen-bond donors (Lipinski definition) is 0. The molecule has 1 aromatic carbocycles. The van der Waals surface area contributed by atoms with Gasteiger partial charge >= 0.3 is 1.43 Å². The maximum Gasteiger partial charge on any atom is 1.00 e. The van der Waals surface area contributed by atoms with Crippen LogP contribution >= 0.6 is 0 Å². The van der Waals surface area contributed by atoms with Crippen molar-refractivity contribution in [3.8, 4) is 0 Å². The molecule has 0 N–H and O–H groups in total. The van der Waals surface area contributed by atoms with Crippen LogP contribution in [0.2, 0.25) is 6.55 Å². The maximum absolute atomic E-state index is 6.59. The van der Waals surface area contributed by atoms with Crippen molar-refractivity contribution < 1.29 is 10.9 Å². The van der Waals surface area contributed by atoms with Gasteiger partial charge in [-0.2, -0.15) is 0 Å². The summed E-state index contributed by atoms with van der Waals surface area (Å²) in [5, 5.41) is 0.273. The summed E-state index contributed by atoms with van der Waals surface area (Å²) < 4.78 is 13.1. The maximum atomic E-state index is 6.59. The molecule has 0 spiro atoms. The Kier molecular flexibility index (Phi) is 5.55. The fourth-order valence-electron chi connectivity index (χ4n) is 4.44. The van der Waals surface area contributed by atoms with Gasteiger partial charge in [-0.15, -0.1) is 0 Å². The van der Waals surface area contributed by atoms with E-state index in [0.717, 1.165) is 13.2 Å². The second-order valence-corrected chi connectivity index (χ2v) is 10.9. The van der Waals surface area contributed by atoms with E-state index in [4.69, 9.17) is 9.47 Å². The Morgan fingerprint density at radius 2 is 1.59 bits per heavy atom. The van der Waals surface area contributed by atoms with Gasteiger partial charge in [0.05, 0.1) is 29.5 Å². The van der Waals surface area contributed by atoms with Crippen molar-refractivity contribution in [2.24, 2.45) is 0 Å². The number of ether oxygens (including phenoxy) is 2. The molecule has 2 aliphatic rings. The van der Waals surface area contributed by atoms with Crippen molar-refractivity contribution in [3.63, 3.8) is 0 Å². The summed E-state index contributed by atoms with van der Waals surface area (Å²) in [5.41, 5.74) is 1.49. The average molecular weight is 336 g/mol. The third-order valence-electron chi connectivity index (χ3n) is 5.77. The first-order valence-electron chi connectivity index (χ1n) is 9.12. The SMILES string of the molecule is C[SiH2]C1(C2([SiH2]Cc3ccccc3)CCCCO2)CCCCO1.[H+]. The lowest BCUT2D eigenvalue weighted by Crippen LogP contribution is -2.66. The molecule has 0 bridgehead atoms. The molecule has 2 heterocycles. The molecule has 22 heavy (non-hydrogen) atoms. The first-order valence-corrected chi connectivity index (χ1v) is 12.9. The monoisotopic (exact) mass is 335 g/mol. The van der Waals surface area contributed by atoms with Crippen molar-refractivity contribution in [3.05, 3.63) is 35.9 Å². The molecule has 2 unspecified atom stereocenters. The zero-order valence-electron chi connectivity index (χ0n) is 15.0. The summed E-state index contributed by atoms with van der Waals surface area (Å²) in [5.74, 6) is 0. The topological polar surface area (TPSA) is 18.5 Å². The Balaban J connectivity index is 0.00000192. The van der Waals surface area contributed by atoms with Gasteiger partial charge in [0, 0.05) is 13.2 Å². The summed E-state index contributed by atoms with van der Waals surface area (Å²) in [4.78, 5) is 0. The lowest BCUT2D eigenvalue weighted by atomic mass is 9.96. The molecule has 122 valence electrons. The molecule has 4 heteroatoms. The molecule has 2 fully saturated rings. The Bertz CT molecular complexity index is 457. The molecule has 0 aliphatic carbocycles. The van der Waals surface area contributed by atoms with Gasteiger partial charge in [-0.1, -0.05) is 42.4 Å². The minimum Gasteiger partial charge on any atom is -0.377 e. The van der Waals surface area contributed by atoms with Crippen LogP contribution in [0.15, 0.2) is 30.3 Å².